The van der Waals surface area contributed by atoms with E-state index in [0.29, 0.717) is 16.8 Å². The van der Waals surface area contributed by atoms with Crippen LogP contribution in [0.2, 0.25) is 0 Å². The summed E-state index contributed by atoms with van der Waals surface area (Å²) in [6, 6.07) is 11.6. The van der Waals surface area contributed by atoms with E-state index in [0.717, 1.165) is 12.1 Å². The van der Waals surface area contributed by atoms with Crippen molar-refractivity contribution in [2.24, 2.45) is 0 Å². The van der Waals surface area contributed by atoms with Crippen molar-refractivity contribution in [1.29, 1.82) is 0 Å². The van der Waals surface area contributed by atoms with Gasteiger partial charge < -0.3 is 14.6 Å². The Bertz CT molecular complexity index is 1030. The SMILES string of the molecule is C[C@@H](Oc1cccc2c(Oc3ccc(C(F)(F)F)cc3F)cccc12)C(=O)O. The van der Waals surface area contributed by atoms with Gasteiger partial charge in [-0.1, -0.05) is 24.3 Å². The normalized spacial score (nSPS) is 12.6. The summed E-state index contributed by atoms with van der Waals surface area (Å²) in [5.74, 6) is -2.20. The Morgan fingerprint density at radius 2 is 1.57 bits per heavy atom. The largest absolute Gasteiger partial charge is 0.479 e. The smallest absolute Gasteiger partial charge is 0.416 e. The molecule has 146 valence electrons. The van der Waals surface area contributed by atoms with Gasteiger partial charge in [0.15, 0.2) is 17.7 Å². The van der Waals surface area contributed by atoms with Crippen LogP contribution in [-0.2, 0) is 11.0 Å². The number of carbonyl (C=O) groups is 1. The lowest BCUT2D eigenvalue weighted by Gasteiger charge is -2.15. The molecule has 1 atom stereocenters. The first kappa shape index (κ1) is 19.5. The fourth-order valence-corrected chi connectivity index (χ4v) is 2.56. The van der Waals surface area contributed by atoms with Crippen molar-refractivity contribution in [2.45, 2.75) is 19.2 Å². The maximum Gasteiger partial charge on any atom is 0.416 e. The van der Waals surface area contributed by atoms with Crippen LogP contribution in [0.1, 0.15) is 12.5 Å². The highest BCUT2D eigenvalue weighted by molar-refractivity contribution is 5.93. The topological polar surface area (TPSA) is 55.8 Å². The quantitative estimate of drug-likeness (QED) is 0.569. The lowest BCUT2D eigenvalue weighted by molar-refractivity contribution is -0.144. The molecule has 3 aromatic rings. The van der Waals surface area contributed by atoms with Gasteiger partial charge in [0.1, 0.15) is 11.5 Å². The van der Waals surface area contributed by atoms with Crippen molar-refractivity contribution in [3.63, 3.8) is 0 Å². The standard InChI is InChI=1S/C20H14F4O4/c1-11(19(25)26)27-16-6-2-5-14-13(16)4-3-7-17(14)28-18-9-8-12(10-15(18)21)20(22,23)24/h2-11H,1H3,(H,25,26)/t11-/m1/s1. The Kier molecular flexibility index (Phi) is 5.13. The Morgan fingerprint density at radius 3 is 2.14 bits per heavy atom. The lowest BCUT2D eigenvalue weighted by Crippen LogP contribution is -2.22. The zero-order valence-electron chi connectivity index (χ0n) is 14.5. The van der Waals surface area contributed by atoms with Gasteiger partial charge >= 0.3 is 12.1 Å². The molecule has 0 fully saturated rings. The molecule has 1 N–H and O–H groups in total. The van der Waals surface area contributed by atoms with E-state index in [9.17, 15) is 22.4 Å². The van der Waals surface area contributed by atoms with E-state index >= 15 is 0 Å². The van der Waals surface area contributed by atoms with Gasteiger partial charge in [-0.15, -0.1) is 0 Å². The molecule has 0 aliphatic carbocycles. The van der Waals surface area contributed by atoms with E-state index in [2.05, 4.69) is 0 Å². The summed E-state index contributed by atoms with van der Waals surface area (Å²) >= 11 is 0. The van der Waals surface area contributed by atoms with Gasteiger partial charge in [-0.05, 0) is 37.3 Å². The maximum absolute atomic E-state index is 14.1. The molecule has 0 bridgehead atoms. The summed E-state index contributed by atoms with van der Waals surface area (Å²) < 4.78 is 63.0. The predicted octanol–water partition coefficient (Wildman–Crippen LogP) is 5.64. The highest BCUT2D eigenvalue weighted by atomic mass is 19.4. The molecule has 3 aromatic carbocycles. The first-order valence-corrected chi connectivity index (χ1v) is 8.12. The summed E-state index contributed by atoms with van der Waals surface area (Å²) in [7, 11) is 0. The van der Waals surface area contributed by atoms with Crippen LogP contribution in [0.5, 0.6) is 17.2 Å². The molecule has 3 rings (SSSR count). The minimum absolute atomic E-state index is 0.185. The number of halogens is 4. The van der Waals surface area contributed by atoms with Crippen molar-refractivity contribution >= 4 is 16.7 Å². The lowest BCUT2D eigenvalue weighted by atomic mass is 10.1. The number of hydrogen-bond donors (Lipinski definition) is 1. The predicted molar refractivity (Wildman–Crippen MR) is 93.1 cm³/mol. The Morgan fingerprint density at radius 1 is 0.964 bits per heavy atom. The Balaban J connectivity index is 1.98. The van der Waals surface area contributed by atoms with Gasteiger partial charge in [0.25, 0.3) is 0 Å². The first-order valence-electron chi connectivity index (χ1n) is 8.12. The van der Waals surface area contributed by atoms with Gasteiger partial charge in [-0.2, -0.15) is 13.2 Å². The van der Waals surface area contributed by atoms with E-state index in [-0.39, 0.29) is 17.2 Å². The zero-order chi connectivity index (χ0) is 20.5. The van der Waals surface area contributed by atoms with E-state index in [1.165, 1.54) is 13.0 Å². The fraction of sp³-hybridized carbons (Fsp3) is 0.150. The van der Waals surface area contributed by atoms with Crippen LogP contribution in [0, 0.1) is 5.82 Å². The van der Waals surface area contributed by atoms with E-state index in [4.69, 9.17) is 14.6 Å². The van der Waals surface area contributed by atoms with Gasteiger partial charge in [0.05, 0.1) is 5.56 Å². The van der Waals surface area contributed by atoms with Crippen molar-refractivity contribution < 1.29 is 36.9 Å². The number of rotatable bonds is 5. The highest BCUT2D eigenvalue weighted by Crippen LogP contribution is 2.37. The molecule has 0 aliphatic rings. The Labute approximate surface area is 156 Å². The molecule has 0 spiro atoms. The number of alkyl halides is 3. The van der Waals surface area contributed by atoms with Crippen LogP contribution in [-0.4, -0.2) is 17.2 Å². The summed E-state index contributed by atoms with van der Waals surface area (Å²) in [5.41, 5.74) is -1.12. The van der Waals surface area contributed by atoms with Gasteiger partial charge in [0.2, 0.25) is 0 Å². The Hall–Kier alpha value is -3.29. The monoisotopic (exact) mass is 394 g/mol. The molecule has 0 heterocycles. The average Bonchev–Trinajstić information content (AvgIpc) is 2.63. The first-order chi connectivity index (χ1) is 13.2. The van der Waals surface area contributed by atoms with Crippen LogP contribution in [0.3, 0.4) is 0 Å². The molecule has 0 aromatic heterocycles. The third-order valence-electron chi connectivity index (χ3n) is 3.97. The number of carboxylic acids is 1. The highest BCUT2D eigenvalue weighted by Gasteiger charge is 2.31. The molecule has 0 amide bonds. The van der Waals surface area contributed by atoms with Gasteiger partial charge in [0, 0.05) is 10.8 Å². The summed E-state index contributed by atoms with van der Waals surface area (Å²) in [6.07, 6.45) is -5.76. The van der Waals surface area contributed by atoms with E-state index in [1.54, 1.807) is 30.3 Å². The molecule has 0 saturated heterocycles. The molecule has 8 heteroatoms. The fourth-order valence-electron chi connectivity index (χ4n) is 2.56. The third kappa shape index (κ3) is 4.00. The molecular formula is C20H14F4O4. The summed E-state index contributed by atoms with van der Waals surface area (Å²) in [4.78, 5) is 11.0. The third-order valence-corrected chi connectivity index (χ3v) is 3.97. The second-order valence-electron chi connectivity index (χ2n) is 5.95. The van der Waals surface area contributed by atoms with Crippen molar-refractivity contribution in [3.8, 4) is 17.2 Å². The summed E-state index contributed by atoms with van der Waals surface area (Å²) in [5, 5.41) is 10.0. The van der Waals surface area contributed by atoms with E-state index in [1.807, 2.05) is 0 Å². The zero-order valence-corrected chi connectivity index (χ0v) is 14.5. The van der Waals surface area contributed by atoms with Crippen LogP contribution in [0.25, 0.3) is 10.8 Å². The number of hydrogen-bond acceptors (Lipinski definition) is 3. The molecule has 28 heavy (non-hydrogen) atoms. The molecule has 0 radical (unpaired) electrons. The number of aliphatic carboxylic acids is 1. The molecule has 4 nitrogen and oxygen atoms in total. The minimum atomic E-state index is -4.66. The van der Waals surface area contributed by atoms with Crippen LogP contribution in [0.15, 0.2) is 54.6 Å². The number of benzene rings is 3. The van der Waals surface area contributed by atoms with Gasteiger partial charge in [-0.25, -0.2) is 9.18 Å². The van der Waals surface area contributed by atoms with Crippen LogP contribution < -0.4 is 9.47 Å². The van der Waals surface area contributed by atoms with Gasteiger partial charge in [-0.3, -0.25) is 0 Å². The second-order valence-corrected chi connectivity index (χ2v) is 5.95. The minimum Gasteiger partial charge on any atom is -0.479 e. The average molecular weight is 394 g/mol. The van der Waals surface area contributed by atoms with Crippen LogP contribution >= 0.6 is 0 Å². The molecule has 0 unspecified atom stereocenters. The van der Waals surface area contributed by atoms with Crippen molar-refractivity contribution in [3.05, 3.63) is 66.0 Å². The number of ether oxygens (including phenoxy) is 2. The van der Waals surface area contributed by atoms with Crippen molar-refractivity contribution in [1.82, 2.24) is 0 Å². The molecule has 0 saturated carbocycles. The second kappa shape index (κ2) is 7.38. The number of carboxylic acid groups (broad SMARTS) is 1. The van der Waals surface area contributed by atoms with E-state index < -0.39 is 29.6 Å². The van der Waals surface area contributed by atoms with Crippen molar-refractivity contribution in [2.75, 3.05) is 0 Å². The number of fused-ring (bicyclic) bond motifs is 1. The summed E-state index contributed by atoms with van der Waals surface area (Å²) in [6.45, 7) is 1.37. The molecular weight excluding hydrogens is 380 g/mol. The molecule has 0 aliphatic heterocycles. The maximum atomic E-state index is 14.1. The van der Waals surface area contributed by atoms with Crippen LogP contribution in [0.4, 0.5) is 17.6 Å².